The third-order valence-electron chi connectivity index (χ3n) is 3.49. The van der Waals surface area contributed by atoms with Gasteiger partial charge in [0.25, 0.3) is 0 Å². The lowest BCUT2D eigenvalue weighted by Gasteiger charge is -2.23. The van der Waals surface area contributed by atoms with E-state index in [0.29, 0.717) is 0 Å². The molecule has 4 unspecified atom stereocenters. The first kappa shape index (κ1) is 9.02. The first-order valence-electron chi connectivity index (χ1n) is 5.44. The molecule has 2 nitrogen and oxygen atoms in total. The average Bonchev–Trinajstić information content (AvgIpc) is 2.92. The van der Waals surface area contributed by atoms with Crippen LogP contribution >= 0.6 is 0 Å². The second-order valence-corrected chi connectivity index (χ2v) is 4.64. The maximum atomic E-state index is 8.65. The van der Waals surface area contributed by atoms with Crippen LogP contribution in [0.4, 0.5) is 0 Å². The van der Waals surface area contributed by atoms with Gasteiger partial charge in [-0.1, -0.05) is 12.8 Å². The fourth-order valence-corrected chi connectivity index (χ4v) is 2.54. The van der Waals surface area contributed by atoms with E-state index < -0.39 is 0 Å². The SMILES string of the molecule is CC(C#N)CNC1CCCC2CC21. The van der Waals surface area contributed by atoms with Crippen molar-refractivity contribution in [1.82, 2.24) is 5.32 Å². The van der Waals surface area contributed by atoms with Gasteiger partial charge in [-0.25, -0.2) is 0 Å². The van der Waals surface area contributed by atoms with E-state index in [-0.39, 0.29) is 5.92 Å². The van der Waals surface area contributed by atoms with Crippen LogP contribution in [0, 0.1) is 29.1 Å². The molecule has 2 heteroatoms. The Hall–Kier alpha value is -0.550. The zero-order chi connectivity index (χ0) is 9.26. The van der Waals surface area contributed by atoms with Gasteiger partial charge in [-0.15, -0.1) is 0 Å². The van der Waals surface area contributed by atoms with Crippen molar-refractivity contribution in [3.05, 3.63) is 0 Å². The molecule has 0 saturated heterocycles. The van der Waals surface area contributed by atoms with E-state index in [4.69, 9.17) is 5.26 Å². The van der Waals surface area contributed by atoms with Gasteiger partial charge in [-0.05, 0) is 31.6 Å². The molecule has 0 heterocycles. The van der Waals surface area contributed by atoms with E-state index in [0.717, 1.165) is 24.4 Å². The molecule has 2 rings (SSSR count). The number of fused-ring (bicyclic) bond motifs is 1. The van der Waals surface area contributed by atoms with Crippen LogP contribution in [0.15, 0.2) is 0 Å². The Morgan fingerprint density at radius 1 is 1.54 bits per heavy atom. The molecule has 0 radical (unpaired) electrons. The Labute approximate surface area is 80.3 Å². The number of nitrogens with zero attached hydrogens (tertiary/aromatic N) is 1. The number of rotatable bonds is 3. The second-order valence-electron chi connectivity index (χ2n) is 4.64. The molecule has 0 aromatic carbocycles. The standard InChI is InChI=1S/C11H18N2/c1-8(6-12)7-13-11-4-2-3-9-5-10(9)11/h8-11,13H,2-5,7H2,1H3. The highest BCUT2D eigenvalue weighted by Gasteiger charge is 2.44. The maximum Gasteiger partial charge on any atom is 0.0666 e. The van der Waals surface area contributed by atoms with Gasteiger partial charge in [-0.2, -0.15) is 5.26 Å². The van der Waals surface area contributed by atoms with Crippen molar-refractivity contribution in [3.63, 3.8) is 0 Å². The molecule has 0 spiro atoms. The van der Waals surface area contributed by atoms with Crippen LogP contribution in [0.3, 0.4) is 0 Å². The van der Waals surface area contributed by atoms with E-state index in [1.165, 1.54) is 25.7 Å². The monoisotopic (exact) mass is 178 g/mol. The molecule has 2 fully saturated rings. The highest BCUT2D eigenvalue weighted by Crippen LogP contribution is 2.49. The minimum Gasteiger partial charge on any atom is -0.312 e. The quantitative estimate of drug-likeness (QED) is 0.716. The van der Waals surface area contributed by atoms with Crippen molar-refractivity contribution in [2.45, 2.75) is 38.6 Å². The Kier molecular flexibility index (Phi) is 2.55. The zero-order valence-electron chi connectivity index (χ0n) is 8.29. The fourth-order valence-electron chi connectivity index (χ4n) is 2.54. The van der Waals surface area contributed by atoms with Gasteiger partial charge in [0, 0.05) is 12.6 Å². The van der Waals surface area contributed by atoms with Crippen molar-refractivity contribution in [1.29, 1.82) is 5.26 Å². The van der Waals surface area contributed by atoms with E-state index >= 15 is 0 Å². The summed E-state index contributed by atoms with van der Waals surface area (Å²) in [5.41, 5.74) is 0. The second kappa shape index (κ2) is 3.67. The van der Waals surface area contributed by atoms with Crippen LogP contribution in [0.25, 0.3) is 0 Å². The van der Waals surface area contributed by atoms with E-state index in [1.807, 2.05) is 6.92 Å². The fraction of sp³-hybridized carbons (Fsp3) is 0.909. The Bertz CT molecular complexity index is 219. The minimum absolute atomic E-state index is 0.166. The first-order valence-corrected chi connectivity index (χ1v) is 5.44. The summed E-state index contributed by atoms with van der Waals surface area (Å²) in [6, 6.07) is 3.00. The van der Waals surface area contributed by atoms with Crippen LogP contribution in [0.2, 0.25) is 0 Å². The number of nitrogens with one attached hydrogen (secondary N) is 1. The van der Waals surface area contributed by atoms with Gasteiger partial charge in [0.2, 0.25) is 0 Å². The topological polar surface area (TPSA) is 35.8 Å². The molecule has 1 N–H and O–H groups in total. The molecule has 4 atom stereocenters. The summed E-state index contributed by atoms with van der Waals surface area (Å²) in [4.78, 5) is 0. The summed E-state index contributed by atoms with van der Waals surface area (Å²) in [7, 11) is 0. The molecule has 0 aromatic rings. The minimum atomic E-state index is 0.166. The smallest absolute Gasteiger partial charge is 0.0666 e. The predicted octanol–water partition coefficient (Wildman–Crippen LogP) is 1.92. The van der Waals surface area contributed by atoms with Gasteiger partial charge in [-0.3, -0.25) is 0 Å². The molecule has 0 aromatic heterocycles. The van der Waals surface area contributed by atoms with Gasteiger partial charge >= 0.3 is 0 Å². The highest BCUT2D eigenvalue weighted by atomic mass is 14.9. The van der Waals surface area contributed by atoms with Crippen molar-refractivity contribution in [3.8, 4) is 6.07 Å². The Morgan fingerprint density at radius 3 is 3.15 bits per heavy atom. The van der Waals surface area contributed by atoms with Crippen LogP contribution in [0.5, 0.6) is 0 Å². The largest absolute Gasteiger partial charge is 0.312 e. The van der Waals surface area contributed by atoms with Crippen molar-refractivity contribution in [2.75, 3.05) is 6.54 Å². The number of nitriles is 1. The average molecular weight is 178 g/mol. The first-order chi connectivity index (χ1) is 6.31. The van der Waals surface area contributed by atoms with Crippen molar-refractivity contribution >= 4 is 0 Å². The van der Waals surface area contributed by atoms with Gasteiger partial charge in [0.15, 0.2) is 0 Å². The van der Waals surface area contributed by atoms with Gasteiger partial charge < -0.3 is 5.32 Å². The van der Waals surface area contributed by atoms with E-state index in [2.05, 4.69) is 11.4 Å². The molecule has 2 saturated carbocycles. The lowest BCUT2D eigenvalue weighted by atomic mass is 9.95. The van der Waals surface area contributed by atoms with Crippen molar-refractivity contribution in [2.24, 2.45) is 17.8 Å². The molecular formula is C11H18N2. The molecular weight excluding hydrogens is 160 g/mol. The maximum absolute atomic E-state index is 8.65. The summed E-state index contributed by atoms with van der Waals surface area (Å²) < 4.78 is 0. The van der Waals surface area contributed by atoms with E-state index in [1.54, 1.807) is 0 Å². The molecule has 2 aliphatic carbocycles. The summed E-state index contributed by atoms with van der Waals surface area (Å²) >= 11 is 0. The number of hydrogen-bond acceptors (Lipinski definition) is 2. The van der Waals surface area contributed by atoms with Crippen LogP contribution in [-0.2, 0) is 0 Å². The van der Waals surface area contributed by atoms with E-state index in [9.17, 15) is 0 Å². The van der Waals surface area contributed by atoms with Crippen LogP contribution in [-0.4, -0.2) is 12.6 Å². The lowest BCUT2D eigenvalue weighted by molar-refractivity contribution is 0.346. The predicted molar refractivity (Wildman–Crippen MR) is 52.0 cm³/mol. The summed E-state index contributed by atoms with van der Waals surface area (Å²) in [5.74, 6) is 2.16. The lowest BCUT2D eigenvalue weighted by Crippen LogP contribution is -2.36. The third-order valence-corrected chi connectivity index (χ3v) is 3.49. The van der Waals surface area contributed by atoms with Gasteiger partial charge in [0.1, 0.15) is 0 Å². The zero-order valence-corrected chi connectivity index (χ0v) is 8.29. The molecule has 72 valence electrons. The van der Waals surface area contributed by atoms with Crippen LogP contribution in [0.1, 0.15) is 32.6 Å². The third kappa shape index (κ3) is 2.03. The normalized spacial score (nSPS) is 38.9. The van der Waals surface area contributed by atoms with Gasteiger partial charge in [0.05, 0.1) is 12.0 Å². The summed E-state index contributed by atoms with van der Waals surface area (Å²) in [5, 5.41) is 12.2. The highest BCUT2D eigenvalue weighted by molar-refractivity contribution is 4.98. The Balaban J connectivity index is 1.73. The Morgan fingerprint density at radius 2 is 2.38 bits per heavy atom. The summed E-state index contributed by atoms with van der Waals surface area (Å²) in [6.07, 6.45) is 5.62. The molecule has 0 bridgehead atoms. The van der Waals surface area contributed by atoms with Crippen molar-refractivity contribution < 1.29 is 0 Å². The van der Waals surface area contributed by atoms with Crippen LogP contribution < -0.4 is 5.32 Å². The molecule has 0 amide bonds. The summed E-state index contributed by atoms with van der Waals surface area (Å²) in [6.45, 7) is 2.87. The molecule has 0 aliphatic heterocycles. The molecule has 2 aliphatic rings. The molecule has 13 heavy (non-hydrogen) atoms. The number of hydrogen-bond donors (Lipinski definition) is 1.